The van der Waals surface area contributed by atoms with E-state index in [-0.39, 0.29) is 0 Å². The standard InChI is InChI=1S/C12H20N2S/c1-2-11-4-5-12(15-11)10-14-8-3-6-13-7-9-14/h4-5,13H,2-3,6-10H2,1H3. The molecular formula is C12H20N2S. The maximum atomic E-state index is 3.44. The zero-order chi connectivity index (χ0) is 10.5. The van der Waals surface area contributed by atoms with Crippen molar-refractivity contribution in [2.45, 2.75) is 26.3 Å². The van der Waals surface area contributed by atoms with Crippen molar-refractivity contribution in [3.8, 4) is 0 Å². The maximum absolute atomic E-state index is 3.44. The zero-order valence-electron chi connectivity index (χ0n) is 9.46. The summed E-state index contributed by atoms with van der Waals surface area (Å²) >= 11 is 1.97. The third kappa shape index (κ3) is 3.30. The molecule has 1 aliphatic heterocycles. The van der Waals surface area contributed by atoms with Crippen molar-refractivity contribution in [1.82, 2.24) is 10.2 Å². The van der Waals surface area contributed by atoms with Gasteiger partial charge in [0.05, 0.1) is 0 Å². The minimum absolute atomic E-state index is 1.14. The SMILES string of the molecule is CCc1ccc(CN2CCCNCC2)s1. The first-order chi connectivity index (χ1) is 7.38. The van der Waals surface area contributed by atoms with Crippen molar-refractivity contribution >= 4 is 11.3 Å². The fourth-order valence-electron chi connectivity index (χ4n) is 1.98. The van der Waals surface area contributed by atoms with Crippen LogP contribution in [0.25, 0.3) is 0 Å². The highest BCUT2D eigenvalue weighted by Crippen LogP contribution is 2.18. The van der Waals surface area contributed by atoms with E-state index in [0.29, 0.717) is 0 Å². The molecule has 1 saturated heterocycles. The smallest absolute Gasteiger partial charge is 0.0328 e. The molecule has 1 aliphatic rings. The first-order valence-electron chi connectivity index (χ1n) is 5.89. The van der Waals surface area contributed by atoms with Gasteiger partial charge in [0.25, 0.3) is 0 Å². The van der Waals surface area contributed by atoms with Crippen molar-refractivity contribution in [2.24, 2.45) is 0 Å². The molecule has 2 heterocycles. The van der Waals surface area contributed by atoms with Crippen molar-refractivity contribution in [1.29, 1.82) is 0 Å². The molecular weight excluding hydrogens is 204 g/mol. The van der Waals surface area contributed by atoms with E-state index < -0.39 is 0 Å². The van der Waals surface area contributed by atoms with Gasteiger partial charge in [0, 0.05) is 29.4 Å². The lowest BCUT2D eigenvalue weighted by molar-refractivity contribution is 0.287. The Hall–Kier alpha value is -0.380. The van der Waals surface area contributed by atoms with Crippen molar-refractivity contribution in [3.63, 3.8) is 0 Å². The number of hydrogen-bond acceptors (Lipinski definition) is 3. The molecule has 2 rings (SSSR count). The number of aryl methyl sites for hydroxylation is 1. The molecule has 0 bridgehead atoms. The zero-order valence-corrected chi connectivity index (χ0v) is 10.3. The third-order valence-electron chi connectivity index (χ3n) is 2.88. The molecule has 0 amide bonds. The molecule has 1 N–H and O–H groups in total. The topological polar surface area (TPSA) is 15.3 Å². The Labute approximate surface area is 96.3 Å². The molecule has 3 heteroatoms. The second-order valence-corrected chi connectivity index (χ2v) is 5.35. The molecule has 0 atom stereocenters. The normalized spacial score (nSPS) is 19.0. The van der Waals surface area contributed by atoms with Crippen LogP contribution in [0.4, 0.5) is 0 Å². The predicted molar refractivity (Wildman–Crippen MR) is 66.5 cm³/mol. The minimum atomic E-state index is 1.14. The molecule has 0 aliphatic carbocycles. The lowest BCUT2D eigenvalue weighted by atomic mass is 10.3. The van der Waals surface area contributed by atoms with E-state index in [0.717, 1.165) is 13.1 Å². The van der Waals surface area contributed by atoms with E-state index in [1.165, 1.54) is 42.2 Å². The lowest BCUT2D eigenvalue weighted by Gasteiger charge is -2.17. The van der Waals surface area contributed by atoms with Crippen LogP contribution >= 0.6 is 11.3 Å². The molecule has 84 valence electrons. The Kier molecular flexibility index (Phi) is 4.18. The van der Waals surface area contributed by atoms with Crippen LogP contribution in [0.2, 0.25) is 0 Å². The summed E-state index contributed by atoms with van der Waals surface area (Å²) in [7, 11) is 0. The van der Waals surface area contributed by atoms with E-state index >= 15 is 0 Å². The van der Waals surface area contributed by atoms with Gasteiger partial charge in [0.2, 0.25) is 0 Å². The van der Waals surface area contributed by atoms with Crippen LogP contribution in [-0.4, -0.2) is 31.1 Å². The summed E-state index contributed by atoms with van der Waals surface area (Å²) in [5.74, 6) is 0. The molecule has 0 unspecified atom stereocenters. The summed E-state index contributed by atoms with van der Waals surface area (Å²) < 4.78 is 0. The summed E-state index contributed by atoms with van der Waals surface area (Å²) in [6.07, 6.45) is 2.46. The van der Waals surface area contributed by atoms with Gasteiger partial charge < -0.3 is 5.32 Å². The lowest BCUT2D eigenvalue weighted by Crippen LogP contribution is -2.27. The van der Waals surface area contributed by atoms with Crippen molar-refractivity contribution < 1.29 is 0 Å². The first kappa shape index (κ1) is 11.1. The van der Waals surface area contributed by atoms with E-state index in [9.17, 15) is 0 Å². The molecule has 2 nitrogen and oxygen atoms in total. The minimum Gasteiger partial charge on any atom is -0.315 e. The van der Waals surface area contributed by atoms with Crippen molar-refractivity contribution in [2.75, 3.05) is 26.2 Å². The summed E-state index contributed by atoms with van der Waals surface area (Å²) in [6, 6.07) is 4.57. The highest BCUT2D eigenvalue weighted by molar-refractivity contribution is 7.11. The predicted octanol–water partition coefficient (Wildman–Crippen LogP) is 2.11. The Balaban J connectivity index is 1.89. The van der Waals surface area contributed by atoms with Gasteiger partial charge in [-0.2, -0.15) is 0 Å². The fourth-order valence-corrected chi connectivity index (χ4v) is 2.98. The Morgan fingerprint density at radius 3 is 2.93 bits per heavy atom. The molecule has 15 heavy (non-hydrogen) atoms. The Bertz CT molecular complexity index is 288. The van der Waals surface area contributed by atoms with Gasteiger partial charge in [0.15, 0.2) is 0 Å². The first-order valence-corrected chi connectivity index (χ1v) is 6.71. The maximum Gasteiger partial charge on any atom is 0.0328 e. The van der Waals surface area contributed by atoms with E-state index in [1.807, 2.05) is 11.3 Å². The van der Waals surface area contributed by atoms with Gasteiger partial charge in [-0.25, -0.2) is 0 Å². The van der Waals surface area contributed by atoms with E-state index in [2.05, 4.69) is 29.3 Å². The highest BCUT2D eigenvalue weighted by atomic mass is 32.1. The van der Waals surface area contributed by atoms with Crippen LogP contribution in [-0.2, 0) is 13.0 Å². The fraction of sp³-hybridized carbons (Fsp3) is 0.667. The van der Waals surface area contributed by atoms with Gasteiger partial charge >= 0.3 is 0 Å². The average Bonchev–Trinajstić information content (AvgIpc) is 2.54. The molecule has 0 radical (unpaired) electrons. The number of nitrogens with zero attached hydrogens (tertiary/aromatic N) is 1. The average molecular weight is 224 g/mol. The van der Waals surface area contributed by atoms with Gasteiger partial charge in [-0.15, -0.1) is 11.3 Å². The van der Waals surface area contributed by atoms with Crippen molar-refractivity contribution in [3.05, 3.63) is 21.9 Å². The number of thiophene rings is 1. The van der Waals surface area contributed by atoms with E-state index in [1.54, 1.807) is 0 Å². The number of rotatable bonds is 3. The van der Waals surface area contributed by atoms with Gasteiger partial charge in [0.1, 0.15) is 0 Å². The van der Waals surface area contributed by atoms with E-state index in [4.69, 9.17) is 0 Å². The molecule has 1 aromatic rings. The quantitative estimate of drug-likeness (QED) is 0.846. The van der Waals surface area contributed by atoms with Crippen LogP contribution in [0.1, 0.15) is 23.1 Å². The number of hydrogen-bond donors (Lipinski definition) is 1. The summed E-state index contributed by atoms with van der Waals surface area (Å²) in [5.41, 5.74) is 0. The second-order valence-electron chi connectivity index (χ2n) is 4.10. The summed E-state index contributed by atoms with van der Waals surface area (Å²) in [5, 5.41) is 3.44. The van der Waals surface area contributed by atoms with Crippen LogP contribution in [0.5, 0.6) is 0 Å². The monoisotopic (exact) mass is 224 g/mol. The molecule has 0 spiro atoms. The van der Waals surface area contributed by atoms with Crippen LogP contribution in [0, 0.1) is 0 Å². The number of nitrogens with one attached hydrogen (secondary N) is 1. The van der Waals surface area contributed by atoms with Gasteiger partial charge in [-0.3, -0.25) is 4.90 Å². The van der Waals surface area contributed by atoms with Gasteiger partial charge in [-0.1, -0.05) is 6.92 Å². The van der Waals surface area contributed by atoms with Crippen LogP contribution in [0.3, 0.4) is 0 Å². The molecule has 1 fully saturated rings. The Morgan fingerprint density at radius 2 is 2.13 bits per heavy atom. The Morgan fingerprint density at radius 1 is 1.27 bits per heavy atom. The second kappa shape index (κ2) is 5.64. The summed E-state index contributed by atoms with van der Waals surface area (Å²) in [6.45, 7) is 8.14. The third-order valence-corrected chi connectivity index (χ3v) is 4.09. The van der Waals surface area contributed by atoms with Gasteiger partial charge in [-0.05, 0) is 38.1 Å². The summed E-state index contributed by atoms with van der Waals surface area (Å²) in [4.78, 5) is 5.59. The molecule has 0 saturated carbocycles. The van der Waals surface area contributed by atoms with Crippen LogP contribution in [0.15, 0.2) is 12.1 Å². The van der Waals surface area contributed by atoms with Crippen LogP contribution < -0.4 is 5.32 Å². The molecule has 0 aromatic carbocycles. The highest BCUT2D eigenvalue weighted by Gasteiger charge is 2.09. The largest absolute Gasteiger partial charge is 0.315 e. The molecule has 1 aromatic heterocycles.